The minimum absolute atomic E-state index is 0.0404. The van der Waals surface area contributed by atoms with Crippen molar-refractivity contribution in [2.45, 2.75) is 6.43 Å². The summed E-state index contributed by atoms with van der Waals surface area (Å²) in [7, 11) is 0. The Morgan fingerprint density at radius 2 is 2.21 bits per heavy atom. The second-order valence-electron chi connectivity index (χ2n) is 2.22. The largest absolute Gasteiger partial charge is 0.375 e. The average molecular weight is 287 g/mol. The van der Waals surface area contributed by atoms with E-state index >= 15 is 0 Å². The van der Waals surface area contributed by atoms with Gasteiger partial charge in [0.25, 0.3) is 6.43 Å². The van der Waals surface area contributed by atoms with E-state index in [1.165, 1.54) is 0 Å². The maximum atomic E-state index is 12.3. The molecular weight excluding hydrogens is 285 g/mol. The van der Waals surface area contributed by atoms with Gasteiger partial charge >= 0.3 is 5.82 Å². The van der Waals surface area contributed by atoms with Crippen LogP contribution >= 0.6 is 27.5 Å². The van der Waals surface area contributed by atoms with Gasteiger partial charge < -0.3 is 10.1 Å². The summed E-state index contributed by atoms with van der Waals surface area (Å²) in [6.07, 6.45) is -3.02. The number of aromatic nitrogens is 1. The van der Waals surface area contributed by atoms with Crippen molar-refractivity contribution in [1.82, 2.24) is 4.98 Å². The van der Waals surface area contributed by atoms with Crippen LogP contribution in [0.3, 0.4) is 0 Å². The number of pyridine rings is 1. The first-order chi connectivity index (χ1) is 6.43. The molecule has 0 aliphatic carbocycles. The lowest BCUT2D eigenvalue weighted by Gasteiger charge is -2.03. The molecule has 0 atom stereocenters. The van der Waals surface area contributed by atoms with Crippen LogP contribution in [0.1, 0.15) is 12.0 Å². The van der Waals surface area contributed by atoms with Gasteiger partial charge in [-0.2, -0.15) is 0 Å². The maximum absolute atomic E-state index is 12.3. The third kappa shape index (κ3) is 2.16. The second-order valence-corrected chi connectivity index (χ2v) is 3.44. The summed E-state index contributed by atoms with van der Waals surface area (Å²) >= 11 is 8.24. The van der Waals surface area contributed by atoms with E-state index in [-0.39, 0.29) is 9.63 Å². The summed E-state index contributed by atoms with van der Waals surface area (Å²) < 4.78 is 24.7. The van der Waals surface area contributed by atoms with Gasteiger partial charge in [0, 0.05) is 22.0 Å². The molecule has 0 saturated heterocycles. The summed E-state index contributed by atoms with van der Waals surface area (Å²) in [5, 5.41) is 9.98. The van der Waals surface area contributed by atoms with Crippen molar-refractivity contribution in [2.24, 2.45) is 0 Å². The SMILES string of the molecule is O=[N+]([O-])c1nc(Br)cc(Cl)c1C(F)F. The number of nitro groups is 1. The van der Waals surface area contributed by atoms with E-state index in [1.807, 2.05) is 0 Å². The van der Waals surface area contributed by atoms with Crippen LogP contribution in [-0.2, 0) is 0 Å². The third-order valence-electron chi connectivity index (χ3n) is 1.35. The zero-order valence-corrected chi connectivity index (χ0v) is 8.72. The quantitative estimate of drug-likeness (QED) is 0.476. The summed E-state index contributed by atoms with van der Waals surface area (Å²) in [5.74, 6) is -0.931. The molecule has 8 heteroatoms. The molecule has 0 saturated carbocycles. The van der Waals surface area contributed by atoms with Crippen molar-refractivity contribution < 1.29 is 13.7 Å². The van der Waals surface area contributed by atoms with E-state index in [4.69, 9.17) is 11.6 Å². The fraction of sp³-hybridized carbons (Fsp3) is 0.167. The molecule has 0 spiro atoms. The van der Waals surface area contributed by atoms with Crippen molar-refractivity contribution in [3.63, 3.8) is 0 Å². The number of hydrogen-bond donors (Lipinski definition) is 0. The minimum atomic E-state index is -3.02. The van der Waals surface area contributed by atoms with Gasteiger partial charge in [0.15, 0.2) is 0 Å². The van der Waals surface area contributed by atoms with Crippen LogP contribution in [0.2, 0.25) is 5.02 Å². The topological polar surface area (TPSA) is 56.0 Å². The molecule has 0 aliphatic heterocycles. The number of rotatable bonds is 2. The normalized spacial score (nSPS) is 10.6. The van der Waals surface area contributed by atoms with E-state index in [9.17, 15) is 18.9 Å². The monoisotopic (exact) mass is 286 g/mol. The zero-order valence-electron chi connectivity index (χ0n) is 6.38. The van der Waals surface area contributed by atoms with Crippen molar-refractivity contribution in [3.8, 4) is 0 Å². The van der Waals surface area contributed by atoms with E-state index in [2.05, 4.69) is 20.9 Å². The molecule has 1 heterocycles. The van der Waals surface area contributed by atoms with Crippen LogP contribution < -0.4 is 0 Å². The predicted octanol–water partition coefficient (Wildman–Crippen LogP) is 3.34. The van der Waals surface area contributed by atoms with Crippen LogP contribution in [0, 0.1) is 10.1 Å². The fourth-order valence-corrected chi connectivity index (χ4v) is 1.62. The Hall–Kier alpha value is -0.820. The van der Waals surface area contributed by atoms with Gasteiger partial charge in [0.1, 0.15) is 5.56 Å². The third-order valence-corrected chi connectivity index (χ3v) is 2.07. The molecule has 0 radical (unpaired) electrons. The van der Waals surface area contributed by atoms with E-state index < -0.39 is 22.7 Å². The van der Waals surface area contributed by atoms with Gasteiger partial charge in [-0.15, -0.1) is 0 Å². The zero-order chi connectivity index (χ0) is 10.9. The van der Waals surface area contributed by atoms with Gasteiger partial charge in [-0.05, 0) is 9.91 Å². The predicted molar refractivity (Wildman–Crippen MR) is 48.6 cm³/mol. The molecule has 14 heavy (non-hydrogen) atoms. The Bertz CT molecular complexity index is 388. The van der Waals surface area contributed by atoms with Crippen molar-refractivity contribution in [3.05, 3.63) is 31.4 Å². The number of nitrogens with zero attached hydrogens (tertiary/aromatic N) is 2. The fourth-order valence-electron chi connectivity index (χ4n) is 0.824. The Kier molecular flexibility index (Phi) is 3.33. The molecule has 0 amide bonds. The molecule has 0 unspecified atom stereocenters. The van der Waals surface area contributed by atoms with Gasteiger partial charge in [-0.1, -0.05) is 11.6 Å². The van der Waals surface area contributed by atoms with Crippen LogP contribution in [0.15, 0.2) is 10.7 Å². The van der Waals surface area contributed by atoms with E-state index in [0.717, 1.165) is 6.07 Å². The summed E-state index contributed by atoms with van der Waals surface area (Å²) in [6, 6.07) is 1.08. The number of alkyl halides is 2. The molecule has 76 valence electrons. The first-order valence-electron chi connectivity index (χ1n) is 3.22. The molecule has 4 nitrogen and oxygen atoms in total. The smallest absolute Gasteiger partial charge is 0.358 e. The summed E-state index contributed by atoms with van der Waals surface area (Å²) in [6.45, 7) is 0. The highest BCUT2D eigenvalue weighted by molar-refractivity contribution is 9.10. The Morgan fingerprint density at radius 1 is 1.64 bits per heavy atom. The average Bonchev–Trinajstić information content (AvgIpc) is 2.01. The maximum Gasteiger partial charge on any atom is 0.375 e. The Labute approximate surface area is 90.2 Å². The molecule has 1 rings (SSSR count). The second kappa shape index (κ2) is 4.14. The van der Waals surface area contributed by atoms with Gasteiger partial charge in [0.05, 0.1) is 5.02 Å². The number of halogens is 4. The standard InChI is InChI=1S/C6H2BrClF2N2O2/c7-3-1-2(8)4(5(9)10)6(11-3)12(13)14/h1,5H. The minimum Gasteiger partial charge on any atom is -0.358 e. The lowest BCUT2D eigenvalue weighted by Crippen LogP contribution is -2.00. The molecule has 0 aromatic carbocycles. The van der Waals surface area contributed by atoms with Crippen LogP contribution in [0.25, 0.3) is 0 Å². The van der Waals surface area contributed by atoms with Gasteiger partial charge in [-0.3, -0.25) is 0 Å². The van der Waals surface area contributed by atoms with Crippen LogP contribution in [-0.4, -0.2) is 9.91 Å². The number of hydrogen-bond acceptors (Lipinski definition) is 3. The highest BCUT2D eigenvalue weighted by Crippen LogP contribution is 2.35. The van der Waals surface area contributed by atoms with Crippen molar-refractivity contribution in [1.29, 1.82) is 0 Å². The lowest BCUT2D eigenvalue weighted by atomic mass is 10.2. The van der Waals surface area contributed by atoms with E-state index in [0.29, 0.717) is 0 Å². The Morgan fingerprint density at radius 3 is 2.64 bits per heavy atom. The molecule has 1 aromatic heterocycles. The molecule has 0 fully saturated rings. The molecule has 0 bridgehead atoms. The first kappa shape index (κ1) is 11.3. The first-order valence-corrected chi connectivity index (χ1v) is 4.39. The van der Waals surface area contributed by atoms with Gasteiger partial charge in [0.2, 0.25) is 4.60 Å². The van der Waals surface area contributed by atoms with Gasteiger partial charge in [-0.25, -0.2) is 8.78 Å². The highest BCUT2D eigenvalue weighted by Gasteiger charge is 2.27. The Balaban J connectivity index is 3.44. The molecule has 1 aromatic rings. The van der Waals surface area contributed by atoms with Crippen molar-refractivity contribution >= 4 is 33.3 Å². The van der Waals surface area contributed by atoms with E-state index in [1.54, 1.807) is 0 Å². The molecule has 0 N–H and O–H groups in total. The lowest BCUT2D eigenvalue weighted by molar-refractivity contribution is -0.391. The van der Waals surface area contributed by atoms with Crippen molar-refractivity contribution in [2.75, 3.05) is 0 Å². The van der Waals surface area contributed by atoms with Crippen LogP contribution in [0.5, 0.6) is 0 Å². The highest BCUT2D eigenvalue weighted by atomic mass is 79.9. The summed E-state index contributed by atoms with van der Waals surface area (Å²) in [5.41, 5.74) is -0.861. The molecule has 0 aliphatic rings. The summed E-state index contributed by atoms with van der Waals surface area (Å²) in [4.78, 5) is 12.7. The van der Waals surface area contributed by atoms with Crippen LogP contribution in [0.4, 0.5) is 14.6 Å². The molecular formula is C6H2BrClF2N2O2.